The van der Waals surface area contributed by atoms with Crippen molar-refractivity contribution in [3.8, 4) is 0 Å². The number of hydrogen-bond acceptors (Lipinski definition) is 1. The van der Waals surface area contributed by atoms with Crippen molar-refractivity contribution in [3.05, 3.63) is 41.1 Å². The normalized spacial score (nSPS) is 13.9. The fourth-order valence-electron chi connectivity index (χ4n) is 1.11. The minimum absolute atomic E-state index is 0.519. The lowest BCUT2D eigenvalue weighted by molar-refractivity contribution is 0.646. The van der Waals surface area contributed by atoms with Crippen LogP contribution in [0.25, 0.3) is 0 Å². The molecule has 1 nitrogen and oxygen atoms in total. The summed E-state index contributed by atoms with van der Waals surface area (Å²) in [6, 6.07) is 7.07. The molecule has 0 saturated heterocycles. The van der Waals surface area contributed by atoms with E-state index in [1.807, 2.05) is 26.0 Å². The highest BCUT2D eigenvalue weighted by atomic mass is 32.2. The van der Waals surface area contributed by atoms with E-state index in [9.17, 15) is 8.60 Å². The molecule has 1 rings (SSSR count). The molecule has 0 unspecified atom stereocenters. The van der Waals surface area contributed by atoms with Gasteiger partial charge in [-0.1, -0.05) is 31.0 Å². The third-order valence-electron chi connectivity index (χ3n) is 2.01. The van der Waals surface area contributed by atoms with E-state index in [4.69, 9.17) is 0 Å². The zero-order chi connectivity index (χ0) is 11.3. The summed E-state index contributed by atoms with van der Waals surface area (Å²) in [6.45, 7) is 3.90. The number of rotatable bonds is 4. The second-order valence-electron chi connectivity index (χ2n) is 3.38. The fourth-order valence-corrected chi connectivity index (χ4v) is 1.99. The third kappa shape index (κ3) is 3.59. The van der Waals surface area contributed by atoms with Crippen LogP contribution >= 0.6 is 0 Å². The molecule has 0 aromatic heterocycles. The Labute approximate surface area is 92.5 Å². The van der Waals surface area contributed by atoms with Crippen LogP contribution < -0.4 is 0 Å². The molecule has 0 N–H and O–H groups in total. The van der Waals surface area contributed by atoms with Gasteiger partial charge in [0.1, 0.15) is 10.8 Å². The van der Waals surface area contributed by atoms with Gasteiger partial charge in [-0.2, -0.15) is 4.39 Å². The Balaban J connectivity index is 2.80. The number of hydrogen-bond donors (Lipinski definition) is 0. The highest BCUT2D eigenvalue weighted by Gasteiger charge is 2.08. The molecule has 82 valence electrons. The largest absolute Gasteiger partial charge is 0.247 e. The lowest BCUT2D eigenvalue weighted by Gasteiger charge is -2.00. The van der Waals surface area contributed by atoms with Crippen molar-refractivity contribution in [2.24, 2.45) is 0 Å². The van der Waals surface area contributed by atoms with E-state index >= 15 is 0 Å². The van der Waals surface area contributed by atoms with Gasteiger partial charge >= 0.3 is 0 Å². The number of unbranched alkanes of at least 4 members (excludes halogenated alkanes) is 1. The molecule has 0 saturated carbocycles. The van der Waals surface area contributed by atoms with E-state index in [0.717, 1.165) is 12.0 Å². The van der Waals surface area contributed by atoms with Crippen LogP contribution in [0.2, 0.25) is 0 Å². The van der Waals surface area contributed by atoms with Crippen LogP contribution in [0.15, 0.2) is 40.4 Å². The molecule has 0 aliphatic carbocycles. The highest BCUT2D eigenvalue weighted by molar-refractivity contribution is 7.88. The van der Waals surface area contributed by atoms with Crippen LogP contribution in [-0.2, 0) is 10.8 Å². The Hall–Kier alpha value is -0.960. The van der Waals surface area contributed by atoms with Crippen molar-refractivity contribution >= 4 is 10.8 Å². The maximum atomic E-state index is 13.3. The summed E-state index contributed by atoms with van der Waals surface area (Å²) in [6.07, 6.45) is 2.89. The first-order chi connectivity index (χ1) is 7.15. The van der Waals surface area contributed by atoms with Gasteiger partial charge in [-0.15, -0.1) is 0 Å². The summed E-state index contributed by atoms with van der Waals surface area (Å²) >= 11 is 0. The molecule has 0 aliphatic rings. The molecule has 1 aromatic carbocycles. The fraction of sp³-hybridized carbons (Fsp3) is 0.333. The predicted molar refractivity (Wildman–Crippen MR) is 61.7 cm³/mol. The summed E-state index contributed by atoms with van der Waals surface area (Å²) in [7, 11) is -1.64. The zero-order valence-corrected chi connectivity index (χ0v) is 9.81. The Morgan fingerprint density at radius 2 is 2.00 bits per heavy atom. The number of benzene rings is 1. The quantitative estimate of drug-likeness (QED) is 0.764. The van der Waals surface area contributed by atoms with E-state index in [0.29, 0.717) is 11.3 Å². The van der Waals surface area contributed by atoms with Gasteiger partial charge in [0.15, 0.2) is 5.16 Å². The topological polar surface area (TPSA) is 17.1 Å². The van der Waals surface area contributed by atoms with Gasteiger partial charge in [0.2, 0.25) is 0 Å². The maximum Gasteiger partial charge on any atom is 0.187 e. The summed E-state index contributed by atoms with van der Waals surface area (Å²) in [5.74, 6) is 0. The summed E-state index contributed by atoms with van der Waals surface area (Å²) in [5, 5.41) is -0.541. The molecule has 0 amide bonds. The van der Waals surface area contributed by atoms with Crippen LogP contribution in [0.3, 0.4) is 0 Å². The monoisotopic (exact) mass is 226 g/mol. The lowest BCUT2D eigenvalue weighted by atomic mass is 10.2. The van der Waals surface area contributed by atoms with Crippen molar-refractivity contribution in [3.63, 3.8) is 0 Å². The van der Waals surface area contributed by atoms with Gasteiger partial charge in [-0.05, 0) is 31.6 Å². The first-order valence-corrected chi connectivity index (χ1v) is 6.14. The molecular weight excluding hydrogens is 211 g/mol. The molecule has 1 aromatic rings. The Kier molecular flexibility index (Phi) is 4.69. The SMILES string of the molecule is CCC/C=C(/F)[S@@](=O)c1ccc(C)cc1. The van der Waals surface area contributed by atoms with Gasteiger partial charge < -0.3 is 0 Å². The number of halogens is 1. The number of allylic oxidation sites excluding steroid dienone is 1. The van der Waals surface area contributed by atoms with Crippen molar-refractivity contribution in [2.75, 3.05) is 0 Å². The highest BCUT2D eigenvalue weighted by Crippen LogP contribution is 2.16. The molecule has 0 radical (unpaired) electrons. The van der Waals surface area contributed by atoms with E-state index in [1.54, 1.807) is 12.1 Å². The van der Waals surface area contributed by atoms with Crippen molar-refractivity contribution < 1.29 is 8.60 Å². The van der Waals surface area contributed by atoms with Gasteiger partial charge in [0.05, 0.1) is 0 Å². The molecule has 15 heavy (non-hydrogen) atoms. The van der Waals surface area contributed by atoms with Crippen LogP contribution in [0, 0.1) is 6.92 Å². The lowest BCUT2D eigenvalue weighted by Crippen LogP contribution is -1.91. The van der Waals surface area contributed by atoms with Crippen LogP contribution in [0.5, 0.6) is 0 Å². The minimum atomic E-state index is -1.64. The predicted octanol–water partition coefficient (Wildman–Crippen LogP) is 3.71. The molecule has 0 spiro atoms. The van der Waals surface area contributed by atoms with E-state index in [2.05, 4.69) is 0 Å². The molecular formula is C12H15FOS. The molecule has 0 aliphatic heterocycles. The first-order valence-electron chi connectivity index (χ1n) is 4.99. The standard InChI is InChI=1S/C12H15FOS/c1-3-4-5-12(13)15(14)11-8-6-10(2)7-9-11/h5-9H,3-4H2,1-2H3/b12-5-/t15-/m0/s1. The Morgan fingerprint density at radius 1 is 1.40 bits per heavy atom. The summed E-state index contributed by atoms with van der Waals surface area (Å²) in [4.78, 5) is 0.519. The van der Waals surface area contributed by atoms with Crippen molar-refractivity contribution in [1.82, 2.24) is 0 Å². The van der Waals surface area contributed by atoms with Gasteiger partial charge in [0, 0.05) is 4.90 Å². The molecule has 0 heterocycles. The van der Waals surface area contributed by atoms with E-state index in [-0.39, 0.29) is 0 Å². The molecule has 1 atom stereocenters. The molecule has 3 heteroatoms. The average molecular weight is 226 g/mol. The summed E-state index contributed by atoms with van der Waals surface area (Å²) in [5.41, 5.74) is 1.08. The second-order valence-corrected chi connectivity index (χ2v) is 4.78. The first kappa shape index (κ1) is 12.1. The van der Waals surface area contributed by atoms with E-state index < -0.39 is 16.0 Å². The Bertz CT molecular complexity index is 368. The average Bonchev–Trinajstić information content (AvgIpc) is 2.26. The van der Waals surface area contributed by atoms with Crippen LogP contribution in [-0.4, -0.2) is 4.21 Å². The second kappa shape index (κ2) is 5.81. The molecule has 0 bridgehead atoms. The third-order valence-corrected chi connectivity index (χ3v) is 3.23. The van der Waals surface area contributed by atoms with Crippen molar-refractivity contribution in [2.45, 2.75) is 31.6 Å². The van der Waals surface area contributed by atoms with Gasteiger partial charge in [-0.3, -0.25) is 0 Å². The van der Waals surface area contributed by atoms with Gasteiger partial charge in [0.25, 0.3) is 0 Å². The van der Waals surface area contributed by atoms with Crippen LogP contribution in [0.4, 0.5) is 4.39 Å². The van der Waals surface area contributed by atoms with E-state index in [1.165, 1.54) is 6.08 Å². The summed E-state index contributed by atoms with van der Waals surface area (Å²) < 4.78 is 25.0. The van der Waals surface area contributed by atoms with Gasteiger partial charge in [-0.25, -0.2) is 4.21 Å². The maximum absolute atomic E-state index is 13.3. The smallest absolute Gasteiger partial charge is 0.187 e. The Morgan fingerprint density at radius 3 is 2.53 bits per heavy atom. The number of aryl methyl sites for hydroxylation is 1. The van der Waals surface area contributed by atoms with Crippen molar-refractivity contribution in [1.29, 1.82) is 0 Å². The zero-order valence-electron chi connectivity index (χ0n) is 9.00. The molecule has 0 fully saturated rings. The minimum Gasteiger partial charge on any atom is -0.247 e. The van der Waals surface area contributed by atoms with Crippen LogP contribution in [0.1, 0.15) is 25.3 Å².